The Bertz CT molecular complexity index is 1200. The third-order valence-electron chi connectivity index (χ3n) is 5.49. The van der Waals surface area contributed by atoms with Gasteiger partial charge < -0.3 is 9.80 Å². The maximum Gasteiger partial charge on any atom is 0.416 e. The summed E-state index contributed by atoms with van der Waals surface area (Å²) in [4.78, 5) is 26.9. The van der Waals surface area contributed by atoms with E-state index in [0.29, 0.717) is 43.2 Å². The number of halogens is 3. The van der Waals surface area contributed by atoms with Gasteiger partial charge in [-0.3, -0.25) is 14.9 Å². The van der Waals surface area contributed by atoms with Gasteiger partial charge in [-0.25, -0.2) is 4.68 Å². The molecule has 1 saturated heterocycles. The van der Waals surface area contributed by atoms with Crippen LogP contribution in [0.5, 0.6) is 0 Å². The molecule has 1 aromatic heterocycles. The molecule has 2 heterocycles. The molecule has 2 aromatic carbocycles. The van der Waals surface area contributed by atoms with Crippen LogP contribution in [0.4, 0.5) is 24.5 Å². The molecule has 0 atom stereocenters. The summed E-state index contributed by atoms with van der Waals surface area (Å²) in [5.74, 6) is -0.354. The second-order valence-electron chi connectivity index (χ2n) is 7.54. The summed E-state index contributed by atoms with van der Waals surface area (Å²) in [5, 5.41) is 19.0. The van der Waals surface area contributed by atoms with Gasteiger partial charge >= 0.3 is 6.18 Å². The van der Waals surface area contributed by atoms with Crippen LogP contribution >= 0.6 is 0 Å². The van der Waals surface area contributed by atoms with Crippen molar-refractivity contribution >= 4 is 17.3 Å². The van der Waals surface area contributed by atoms with Crippen LogP contribution in [0.15, 0.2) is 48.5 Å². The number of carbonyl (C=O) groups excluding carboxylic acids is 1. The van der Waals surface area contributed by atoms with E-state index in [2.05, 4.69) is 10.3 Å². The van der Waals surface area contributed by atoms with E-state index in [-0.39, 0.29) is 17.3 Å². The Hall–Kier alpha value is -3.96. The molecule has 1 aliphatic heterocycles. The van der Waals surface area contributed by atoms with Gasteiger partial charge in [-0.15, -0.1) is 5.10 Å². The van der Waals surface area contributed by atoms with Crippen molar-refractivity contribution in [3.05, 3.63) is 75.6 Å². The Morgan fingerprint density at radius 2 is 1.70 bits per heavy atom. The van der Waals surface area contributed by atoms with Crippen LogP contribution < -0.4 is 4.90 Å². The van der Waals surface area contributed by atoms with E-state index in [1.54, 1.807) is 28.9 Å². The Morgan fingerprint density at radius 1 is 1.03 bits per heavy atom. The average molecular weight is 460 g/mol. The van der Waals surface area contributed by atoms with Crippen LogP contribution in [0.3, 0.4) is 0 Å². The normalized spacial score (nSPS) is 14.4. The van der Waals surface area contributed by atoms with E-state index < -0.39 is 16.7 Å². The maximum absolute atomic E-state index is 13.0. The summed E-state index contributed by atoms with van der Waals surface area (Å²) in [7, 11) is 0. The number of benzene rings is 2. The van der Waals surface area contributed by atoms with Crippen molar-refractivity contribution in [2.24, 2.45) is 0 Å². The first-order valence-corrected chi connectivity index (χ1v) is 10.0. The van der Waals surface area contributed by atoms with Crippen LogP contribution in [0.2, 0.25) is 0 Å². The zero-order chi connectivity index (χ0) is 23.8. The largest absolute Gasteiger partial charge is 0.416 e. The van der Waals surface area contributed by atoms with Gasteiger partial charge in [-0.1, -0.05) is 17.3 Å². The predicted octanol–water partition coefficient (Wildman–Crippen LogP) is 3.47. The molecule has 33 heavy (non-hydrogen) atoms. The fourth-order valence-corrected chi connectivity index (χ4v) is 3.71. The molecular formula is C21H19F3N6O3. The van der Waals surface area contributed by atoms with Crippen molar-refractivity contribution < 1.29 is 22.9 Å². The minimum atomic E-state index is -4.42. The van der Waals surface area contributed by atoms with Crippen LogP contribution in [0.1, 0.15) is 21.7 Å². The second kappa shape index (κ2) is 8.52. The number of carbonyl (C=O) groups is 1. The number of hydrogen-bond acceptors (Lipinski definition) is 6. The molecule has 0 saturated carbocycles. The fourth-order valence-electron chi connectivity index (χ4n) is 3.71. The molecule has 1 aliphatic rings. The van der Waals surface area contributed by atoms with Crippen LogP contribution in [-0.2, 0) is 6.18 Å². The maximum atomic E-state index is 13.0. The molecular weight excluding hydrogens is 441 g/mol. The molecule has 1 amide bonds. The van der Waals surface area contributed by atoms with Gasteiger partial charge in [0.2, 0.25) is 0 Å². The van der Waals surface area contributed by atoms with E-state index in [4.69, 9.17) is 0 Å². The topological polar surface area (TPSA) is 97.4 Å². The van der Waals surface area contributed by atoms with E-state index in [0.717, 1.165) is 12.1 Å². The first kappa shape index (κ1) is 22.2. The Balaban J connectivity index is 1.47. The summed E-state index contributed by atoms with van der Waals surface area (Å²) >= 11 is 0. The minimum absolute atomic E-state index is 0.110. The Labute approximate surface area is 186 Å². The lowest BCUT2D eigenvalue weighted by molar-refractivity contribution is -0.384. The van der Waals surface area contributed by atoms with E-state index in [1.807, 2.05) is 0 Å². The molecule has 3 aromatic rings. The van der Waals surface area contributed by atoms with Crippen molar-refractivity contribution in [2.45, 2.75) is 13.1 Å². The molecule has 0 spiro atoms. The number of anilines is 1. The summed E-state index contributed by atoms with van der Waals surface area (Å²) in [6, 6.07) is 10.9. The third kappa shape index (κ3) is 4.49. The van der Waals surface area contributed by atoms with E-state index in [1.165, 1.54) is 28.9 Å². The lowest BCUT2D eigenvalue weighted by Crippen LogP contribution is -2.49. The zero-order valence-corrected chi connectivity index (χ0v) is 17.5. The molecule has 0 bridgehead atoms. The molecule has 1 fully saturated rings. The number of nitro groups is 1. The highest BCUT2D eigenvalue weighted by molar-refractivity contribution is 5.93. The van der Waals surface area contributed by atoms with Crippen molar-refractivity contribution in [1.82, 2.24) is 19.9 Å². The monoisotopic (exact) mass is 460 g/mol. The van der Waals surface area contributed by atoms with Gasteiger partial charge in [-0.05, 0) is 31.2 Å². The number of non-ortho nitro benzene ring substituents is 1. The van der Waals surface area contributed by atoms with Gasteiger partial charge in [0.15, 0.2) is 5.69 Å². The van der Waals surface area contributed by atoms with Crippen molar-refractivity contribution in [2.75, 3.05) is 31.1 Å². The first-order chi connectivity index (χ1) is 15.6. The first-order valence-electron chi connectivity index (χ1n) is 10.0. The van der Waals surface area contributed by atoms with Crippen molar-refractivity contribution in [3.63, 3.8) is 0 Å². The molecule has 0 aliphatic carbocycles. The summed E-state index contributed by atoms with van der Waals surface area (Å²) in [6.07, 6.45) is -4.42. The fraction of sp³-hybridized carbons (Fsp3) is 0.286. The molecule has 4 rings (SSSR count). The number of rotatable bonds is 4. The minimum Gasteiger partial charge on any atom is -0.368 e. The SMILES string of the molecule is Cc1c(C(=O)N2CCN(c3cccc(C(F)(F)F)c3)CC2)nnn1-c1cccc([N+](=O)[O-])c1. The van der Waals surface area contributed by atoms with Gasteiger partial charge in [-0.2, -0.15) is 13.2 Å². The quantitative estimate of drug-likeness (QED) is 0.437. The lowest BCUT2D eigenvalue weighted by Gasteiger charge is -2.36. The number of nitro benzene ring substituents is 1. The number of hydrogen-bond donors (Lipinski definition) is 0. The summed E-state index contributed by atoms with van der Waals surface area (Å²) in [6.45, 7) is 2.98. The molecule has 0 unspecified atom stereocenters. The van der Waals surface area contributed by atoms with Gasteiger partial charge in [0.1, 0.15) is 0 Å². The van der Waals surface area contributed by atoms with Crippen LogP contribution in [-0.4, -0.2) is 56.9 Å². The Morgan fingerprint density at radius 3 is 2.36 bits per heavy atom. The number of nitrogens with zero attached hydrogens (tertiary/aromatic N) is 6. The van der Waals surface area contributed by atoms with Gasteiger partial charge in [0, 0.05) is 44.0 Å². The second-order valence-corrected chi connectivity index (χ2v) is 7.54. The van der Waals surface area contributed by atoms with Gasteiger partial charge in [0.25, 0.3) is 11.6 Å². The highest BCUT2D eigenvalue weighted by atomic mass is 19.4. The zero-order valence-electron chi connectivity index (χ0n) is 17.5. The molecule has 172 valence electrons. The predicted molar refractivity (Wildman–Crippen MR) is 112 cm³/mol. The van der Waals surface area contributed by atoms with Crippen molar-refractivity contribution in [1.29, 1.82) is 0 Å². The summed E-state index contributed by atoms with van der Waals surface area (Å²) in [5.41, 5.74) is 0.579. The highest BCUT2D eigenvalue weighted by Crippen LogP contribution is 2.32. The van der Waals surface area contributed by atoms with E-state index in [9.17, 15) is 28.1 Å². The summed E-state index contributed by atoms with van der Waals surface area (Å²) < 4.78 is 40.3. The molecule has 0 radical (unpaired) electrons. The smallest absolute Gasteiger partial charge is 0.368 e. The highest BCUT2D eigenvalue weighted by Gasteiger charge is 2.32. The lowest BCUT2D eigenvalue weighted by atomic mass is 10.1. The van der Waals surface area contributed by atoms with E-state index >= 15 is 0 Å². The number of aromatic nitrogens is 3. The Kier molecular flexibility index (Phi) is 5.75. The number of amides is 1. The molecule has 12 heteroatoms. The van der Waals surface area contributed by atoms with Gasteiger partial charge in [0.05, 0.1) is 21.9 Å². The van der Waals surface area contributed by atoms with Crippen molar-refractivity contribution in [3.8, 4) is 5.69 Å². The third-order valence-corrected chi connectivity index (χ3v) is 5.49. The molecule has 0 N–H and O–H groups in total. The molecule has 9 nitrogen and oxygen atoms in total. The average Bonchev–Trinajstić information content (AvgIpc) is 3.19. The van der Waals surface area contributed by atoms with Crippen LogP contribution in [0, 0.1) is 17.0 Å². The number of alkyl halides is 3. The van der Waals surface area contributed by atoms with Crippen LogP contribution in [0.25, 0.3) is 5.69 Å². The standard InChI is InChI=1S/C21H19F3N6O3/c1-14-19(25-26-29(14)17-6-3-7-18(13-17)30(32)33)20(31)28-10-8-27(9-11-28)16-5-2-4-15(12-16)21(22,23)24/h2-7,12-13H,8-11H2,1H3. The number of piperazine rings is 1.